The molecule has 0 bridgehead atoms. The van der Waals surface area contributed by atoms with Crippen LogP contribution in [0.5, 0.6) is 0 Å². The van der Waals surface area contributed by atoms with E-state index >= 15 is 0 Å². The van der Waals surface area contributed by atoms with Gasteiger partial charge in [-0.15, -0.1) is 11.8 Å². The van der Waals surface area contributed by atoms with Gasteiger partial charge in [0.2, 0.25) is 0 Å². The van der Waals surface area contributed by atoms with Gasteiger partial charge in [0, 0.05) is 49.2 Å². The summed E-state index contributed by atoms with van der Waals surface area (Å²) in [6, 6.07) is 8.23. The topological polar surface area (TPSA) is 36.3 Å². The molecule has 2 aromatic rings. The second-order valence-corrected chi connectivity index (χ2v) is 5.23. The van der Waals surface area contributed by atoms with E-state index in [1.54, 1.807) is 26.0 Å². The van der Waals surface area contributed by atoms with E-state index in [0.717, 1.165) is 11.3 Å². The molecule has 0 radical (unpaired) electrons. The highest BCUT2D eigenvalue weighted by Gasteiger charge is 2.08. The summed E-state index contributed by atoms with van der Waals surface area (Å²) >= 11 is 1.79. The Morgan fingerprint density at radius 1 is 1.21 bits per heavy atom. The van der Waals surface area contributed by atoms with Crippen LogP contribution in [0.15, 0.2) is 41.6 Å². The maximum absolute atomic E-state index is 5.22. The third-order valence-corrected chi connectivity index (χ3v) is 3.83. The molecule has 0 saturated heterocycles. The van der Waals surface area contributed by atoms with Gasteiger partial charge in [-0.1, -0.05) is 12.1 Å². The summed E-state index contributed by atoms with van der Waals surface area (Å²) in [5.74, 6) is 0.922. The van der Waals surface area contributed by atoms with Crippen molar-refractivity contribution >= 4 is 11.8 Å². The normalized spacial score (nSPS) is 11.2. The summed E-state index contributed by atoms with van der Waals surface area (Å²) in [4.78, 5) is 1.22. The number of benzene rings is 1. The molecule has 2 rings (SSSR count). The first kappa shape index (κ1) is 14.1. The zero-order chi connectivity index (χ0) is 13.7. The fraction of sp³-hybridized carbons (Fsp3) is 0.357. The number of hydrogen-bond acceptors (Lipinski definition) is 4. The lowest BCUT2D eigenvalue weighted by atomic mass is 10.2. The predicted molar refractivity (Wildman–Crippen MR) is 76.0 cm³/mol. The average Bonchev–Trinajstić information content (AvgIpc) is 2.85. The molecule has 1 heterocycles. The van der Waals surface area contributed by atoms with Crippen molar-refractivity contribution in [2.45, 2.75) is 16.9 Å². The van der Waals surface area contributed by atoms with E-state index in [-0.39, 0.29) is 6.29 Å². The fourth-order valence-corrected chi connectivity index (χ4v) is 2.61. The molecule has 0 amide bonds. The molecule has 0 saturated carbocycles. The number of rotatable bonds is 6. The van der Waals surface area contributed by atoms with Crippen molar-refractivity contribution in [1.29, 1.82) is 0 Å². The lowest BCUT2D eigenvalue weighted by Gasteiger charge is -2.13. The lowest BCUT2D eigenvalue weighted by Crippen LogP contribution is -2.02. The van der Waals surface area contributed by atoms with Crippen LogP contribution >= 0.6 is 11.8 Å². The van der Waals surface area contributed by atoms with Crippen LogP contribution in [0, 0.1) is 0 Å². The number of methoxy groups -OCH3 is 2. The quantitative estimate of drug-likeness (QED) is 0.601. The van der Waals surface area contributed by atoms with Gasteiger partial charge < -0.3 is 9.47 Å². The summed E-state index contributed by atoms with van der Waals surface area (Å²) in [6.07, 6.45) is 3.64. The number of hydrogen-bond donors (Lipinski definition) is 0. The predicted octanol–water partition coefficient (Wildman–Crippen LogP) is 3.00. The van der Waals surface area contributed by atoms with Crippen molar-refractivity contribution < 1.29 is 9.47 Å². The maximum Gasteiger partial charge on any atom is 0.183 e. The van der Waals surface area contributed by atoms with Gasteiger partial charge in [0.15, 0.2) is 6.29 Å². The summed E-state index contributed by atoms with van der Waals surface area (Å²) in [6.45, 7) is 0. The van der Waals surface area contributed by atoms with Crippen LogP contribution in [0.4, 0.5) is 0 Å². The Labute approximate surface area is 117 Å². The van der Waals surface area contributed by atoms with E-state index in [2.05, 4.69) is 17.2 Å². The first-order valence-electron chi connectivity index (χ1n) is 5.99. The number of ether oxygens (including phenoxy) is 2. The molecule has 0 aliphatic carbocycles. The number of nitrogens with zero attached hydrogens (tertiary/aromatic N) is 2. The van der Waals surface area contributed by atoms with Gasteiger partial charge >= 0.3 is 0 Å². The van der Waals surface area contributed by atoms with Gasteiger partial charge in [-0.2, -0.15) is 5.10 Å². The zero-order valence-corrected chi connectivity index (χ0v) is 12.2. The highest BCUT2D eigenvalue weighted by atomic mass is 32.2. The molecule has 0 atom stereocenters. The summed E-state index contributed by atoms with van der Waals surface area (Å²) in [7, 11) is 5.21. The first-order valence-corrected chi connectivity index (χ1v) is 6.97. The Morgan fingerprint density at radius 3 is 2.42 bits per heavy atom. The SMILES string of the molecule is COC(OC)c1ccc(SCc2cnn(C)c2)cc1. The largest absolute Gasteiger partial charge is 0.352 e. The molecule has 0 fully saturated rings. The van der Waals surface area contributed by atoms with Crippen LogP contribution in [-0.2, 0) is 22.3 Å². The monoisotopic (exact) mass is 278 g/mol. The van der Waals surface area contributed by atoms with Crippen LogP contribution in [0.1, 0.15) is 17.4 Å². The van der Waals surface area contributed by atoms with E-state index in [1.165, 1.54) is 10.5 Å². The smallest absolute Gasteiger partial charge is 0.183 e. The molecule has 4 nitrogen and oxygen atoms in total. The summed E-state index contributed by atoms with van der Waals surface area (Å²) < 4.78 is 12.3. The van der Waals surface area contributed by atoms with Crippen molar-refractivity contribution in [3.8, 4) is 0 Å². The first-order chi connectivity index (χ1) is 9.22. The van der Waals surface area contributed by atoms with Crippen LogP contribution in [0.2, 0.25) is 0 Å². The highest BCUT2D eigenvalue weighted by molar-refractivity contribution is 7.98. The van der Waals surface area contributed by atoms with Crippen molar-refractivity contribution in [3.63, 3.8) is 0 Å². The number of aryl methyl sites for hydroxylation is 1. The molecular formula is C14H18N2O2S. The van der Waals surface area contributed by atoms with E-state index < -0.39 is 0 Å². The molecule has 1 aromatic carbocycles. The molecule has 1 aromatic heterocycles. The third-order valence-electron chi connectivity index (χ3n) is 2.74. The standard InChI is InChI=1S/C14H18N2O2S/c1-16-9-11(8-15-16)10-19-13-6-4-12(5-7-13)14(17-2)18-3/h4-9,14H,10H2,1-3H3. The molecule has 102 valence electrons. The Morgan fingerprint density at radius 2 is 1.89 bits per heavy atom. The molecule has 0 N–H and O–H groups in total. The van der Waals surface area contributed by atoms with Crippen molar-refractivity contribution in [3.05, 3.63) is 47.8 Å². The average molecular weight is 278 g/mol. The van der Waals surface area contributed by atoms with Crippen molar-refractivity contribution in [2.75, 3.05) is 14.2 Å². The third kappa shape index (κ3) is 3.83. The molecule has 0 spiro atoms. The second-order valence-electron chi connectivity index (χ2n) is 4.18. The summed E-state index contributed by atoms with van der Waals surface area (Å²) in [5, 5.41) is 4.16. The van der Waals surface area contributed by atoms with E-state index in [4.69, 9.17) is 9.47 Å². The zero-order valence-electron chi connectivity index (χ0n) is 11.4. The number of thioether (sulfide) groups is 1. The lowest BCUT2D eigenvalue weighted by molar-refractivity contribution is -0.106. The number of aromatic nitrogens is 2. The van der Waals surface area contributed by atoms with Gasteiger partial charge in [-0.3, -0.25) is 4.68 Å². The van der Waals surface area contributed by atoms with Gasteiger partial charge in [-0.05, 0) is 12.1 Å². The van der Waals surface area contributed by atoms with Crippen molar-refractivity contribution in [1.82, 2.24) is 9.78 Å². The Kier molecular flexibility index (Phi) is 5.01. The van der Waals surface area contributed by atoms with E-state index in [1.807, 2.05) is 36.3 Å². The van der Waals surface area contributed by atoms with Crippen LogP contribution < -0.4 is 0 Å². The Balaban J connectivity index is 1.95. The van der Waals surface area contributed by atoms with Gasteiger partial charge in [0.05, 0.1) is 6.20 Å². The molecule has 5 heteroatoms. The van der Waals surface area contributed by atoms with Gasteiger partial charge in [0.1, 0.15) is 0 Å². The van der Waals surface area contributed by atoms with E-state index in [9.17, 15) is 0 Å². The Hall–Kier alpha value is -1.30. The van der Waals surface area contributed by atoms with Gasteiger partial charge in [-0.25, -0.2) is 0 Å². The molecule has 0 unspecified atom stereocenters. The van der Waals surface area contributed by atoms with Crippen LogP contribution in [-0.4, -0.2) is 24.0 Å². The minimum absolute atomic E-state index is 0.294. The maximum atomic E-state index is 5.22. The minimum atomic E-state index is -0.294. The molecule has 19 heavy (non-hydrogen) atoms. The molecule has 0 aliphatic rings. The highest BCUT2D eigenvalue weighted by Crippen LogP contribution is 2.25. The van der Waals surface area contributed by atoms with Crippen molar-refractivity contribution in [2.24, 2.45) is 7.05 Å². The second kappa shape index (κ2) is 6.75. The summed E-state index contributed by atoms with van der Waals surface area (Å²) in [5.41, 5.74) is 2.25. The Bertz CT molecular complexity index is 506. The minimum Gasteiger partial charge on any atom is -0.352 e. The molecular weight excluding hydrogens is 260 g/mol. The van der Waals surface area contributed by atoms with Gasteiger partial charge in [0.25, 0.3) is 0 Å². The fourth-order valence-electron chi connectivity index (χ4n) is 1.80. The molecule has 0 aliphatic heterocycles. The van der Waals surface area contributed by atoms with Crippen LogP contribution in [0.3, 0.4) is 0 Å². The van der Waals surface area contributed by atoms with Crippen LogP contribution in [0.25, 0.3) is 0 Å². The van der Waals surface area contributed by atoms with E-state index in [0.29, 0.717) is 0 Å².